The molecule has 4 rings (SSSR count). The van der Waals surface area contributed by atoms with Crippen LogP contribution < -0.4 is 11.1 Å². The highest BCUT2D eigenvalue weighted by Gasteiger charge is 2.31. The van der Waals surface area contributed by atoms with Gasteiger partial charge in [-0.3, -0.25) is 33.7 Å². The lowest BCUT2D eigenvalue weighted by Crippen LogP contribution is -2.36. The summed E-state index contributed by atoms with van der Waals surface area (Å²) in [6.07, 6.45) is 12.3. The summed E-state index contributed by atoms with van der Waals surface area (Å²) in [6.45, 7) is 3.85. The van der Waals surface area contributed by atoms with E-state index in [2.05, 4.69) is 22.6 Å². The van der Waals surface area contributed by atoms with Gasteiger partial charge in [0.15, 0.2) is 11.6 Å². The number of carbonyl (C=O) groups excluding carboxylic acids is 6. The van der Waals surface area contributed by atoms with Crippen molar-refractivity contribution in [2.75, 3.05) is 44.8 Å². The summed E-state index contributed by atoms with van der Waals surface area (Å²) >= 11 is 0. The molecule has 1 aliphatic heterocycles. The van der Waals surface area contributed by atoms with Gasteiger partial charge in [0.1, 0.15) is 19.0 Å². The zero-order valence-corrected chi connectivity index (χ0v) is 31.5. The van der Waals surface area contributed by atoms with Crippen LogP contribution in [-0.4, -0.2) is 94.5 Å². The maximum absolute atomic E-state index is 13.0. The van der Waals surface area contributed by atoms with Crippen molar-refractivity contribution >= 4 is 40.8 Å². The number of anilines is 1. The molecule has 1 fully saturated rings. The summed E-state index contributed by atoms with van der Waals surface area (Å²) < 4.78 is 12.7. The number of aryl methyl sites for hydroxylation is 2. The number of ether oxygens (including phenoxy) is 2. The van der Waals surface area contributed by atoms with E-state index in [0.717, 1.165) is 50.6 Å². The fraction of sp³-hybridized carbons (Fsp3) is 0.600. The van der Waals surface area contributed by atoms with E-state index in [9.17, 15) is 28.8 Å². The second-order valence-electron chi connectivity index (χ2n) is 14.3. The predicted molar refractivity (Wildman–Crippen MR) is 201 cm³/mol. The van der Waals surface area contributed by atoms with E-state index in [1.54, 1.807) is 4.68 Å². The number of amides is 3. The first kappa shape index (κ1) is 42.3. The number of hydrogen-bond acceptors (Lipinski definition) is 11. The highest BCUT2D eigenvalue weighted by molar-refractivity contribution is 6.12. The summed E-state index contributed by atoms with van der Waals surface area (Å²) in [6, 6.07) is 7.64. The van der Waals surface area contributed by atoms with Crippen molar-refractivity contribution in [3.05, 3.63) is 53.9 Å². The molecule has 1 aliphatic carbocycles. The molecule has 2 heterocycles. The van der Waals surface area contributed by atoms with E-state index in [1.165, 1.54) is 22.6 Å². The van der Waals surface area contributed by atoms with Crippen molar-refractivity contribution in [1.29, 1.82) is 0 Å². The summed E-state index contributed by atoms with van der Waals surface area (Å²) in [5.74, 6) is -1.14. The van der Waals surface area contributed by atoms with Gasteiger partial charge >= 0.3 is 0 Å². The van der Waals surface area contributed by atoms with E-state index in [4.69, 9.17) is 15.2 Å². The van der Waals surface area contributed by atoms with Crippen molar-refractivity contribution < 1.29 is 38.2 Å². The lowest BCUT2D eigenvalue weighted by Gasteiger charge is -2.29. The Bertz CT molecular complexity index is 1560. The van der Waals surface area contributed by atoms with E-state index >= 15 is 0 Å². The van der Waals surface area contributed by atoms with Gasteiger partial charge in [-0.25, -0.2) is 4.68 Å². The molecule has 2 aliphatic rings. The van der Waals surface area contributed by atoms with Gasteiger partial charge in [-0.1, -0.05) is 30.7 Å². The average molecular weight is 749 g/mol. The Morgan fingerprint density at radius 1 is 0.907 bits per heavy atom. The second kappa shape index (κ2) is 22.7. The monoisotopic (exact) mass is 748 g/mol. The van der Waals surface area contributed by atoms with Gasteiger partial charge < -0.3 is 20.5 Å². The van der Waals surface area contributed by atoms with Crippen LogP contribution in [0, 0.1) is 17.8 Å². The number of nitrogens with two attached hydrogens (primary N) is 1. The number of nitrogens with one attached hydrogen (secondary N) is 1. The van der Waals surface area contributed by atoms with E-state index in [1.807, 2.05) is 30.5 Å². The normalized spacial score (nSPS) is 17.6. The fourth-order valence-electron chi connectivity index (χ4n) is 6.80. The highest BCUT2D eigenvalue weighted by Crippen LogP contribution is 2.31. The zero-order chi connectivity index (χ0) is 38.7. The standard InChI is InChI=1S/C40H56N6O8/c1-2-29-10-14-33(15-11-29)42-40(52)32(6-3-4-20-41)24-36(48)28-54-27-35(47)7-5-22-53-23-21-45-26-34(43-44-45)16-17-37(49)31-12-8-30(9-13-31)25-46-38(50)18-19-39(46)51/h10-11,14-15,18-19,26,30-32H,2-9,12-13,16-17,20-25,27-28,41H2,1H3,(H,42,52). The summed E-state index contributed by atoms with van der Waals surface area (Å²) in [5, 5.41) is 11.2. The Balaban J connectivity index is 1.02. The zero-order valence-electron chi connectivity index (χ0n) is 31.5. The van der Waals surface area contributed by atoms with Crippen molar-refractivity contribution in [2.45, 2.75) is 96.9 Å². The minimum Gasteiger partial charge on any atom is -0.380 e. The smallest absolute Gasteiger partial charge is 0.253 e. The number of carbonyl (C=O) groups is 6. The Kier molecular flexibility index (Phi) is 17.8. The lowest BCUT2D eigenvalue weighted by atomic mass is 9.79. The highest BCUT2D eigenvalue weighted by atomic mass is 16.5. The van der Waals surface area contributed by atoms with Crippen LogP contribution in [-0.2, 0) is 57.6 Å². The largest absolute Gasteiger partial charge is 0.380 e. The Hall–Kier alpha value is -4.40. The average Bonchev–Trinajstić information content (AvgIpc) is 3.76. The topological polar surface area (TPSA) is 193 Å². The van der Waals surface area contributed by atoms with Gasteiger partial charge in [-0.2, -0.15) is 0 Å². The molecule has 1 unspecified atom stereocenters. The number of rotatable bonds is 26. The van der Waals surface area contributed by atoms with Crippen molar-refractivity contribution in [3.8, 4) is 0 Å². The van der Waals surface area contributed by atoms with Crippen LogP contribution in [0.3, 0.4) is 0 Å². The molecule has 2 aromatic rings. The number of Topliss-reactive ketones (excluding diaryl/α,β-unsaturated/α-hetero) is 3. The van der Waals surface area contributed by atoms with Crippen LogP contribution in [0.4, 0.5) is 5.69 Å². The van der Waals surface area contributed by atoms with Gasteiger partial charge in [-0.05, 0) is 81.5 Å². The molecule has 3 amide bonds. The van der Waals surface area contributed by atoms with Crippen molar-refractivity contribution in [1.82, 2.24) is 19.9 Å². The first-order valence-corrected chi connectivity index (χ1v) is 19.4. The fourth-order valence-corrected chi connectivity index (χ4v) is 6.80. The minimum absolute atomic E-state index is 0.00223. The maximum atomic E-state index is 13.0. The van der Waals surface area contributed by atoms with E-state index in [0.29, 0.717) is 64.2 Å². The molecule has 0 spiro atoms. The van der Waals surface area contributed by atoms with Crippen LogP contribution >= 0.6 is 0 Å². The molecular weight excluding hydrogens is 692 g/mol. The molecule has 0 radical (unpaired) electrons. The Labute approximate surface area is 317 Å². The minimum atomic E-state index is -0.505. The molecule has 14 heteroatoms. The molecule has 1 aromatic carbocycles. The van der Waals surface area contributed by atoms with Crippen LogP contribution in [0.1, 0.15) is 88.8 Å². The van der Waals surface area contributed by atoms with Gasteiger partial charge in [-0.15, -0.1) is 5.10 Å². The van der Waals surface area contributed by atoms with Gasteiger partial charge in [0, 0.05) is 74.7 Å². The molecule has 54 heavy (non-hydrogen) atoms. The number of nitrogens with zero attached hydrogens (tertiary/aromatic N) is 4. The Morgan fingerprint density at radius 2 is 1.63 bits per heavy atom. The summed E-state index contributed by atoms with van der Waals surface area (Å²) in [5.41, 5.74) is 8.22. The molecule has 1 aromatic heterocycles. The van der Waals surface area contributed by atoms with Crippen molar-refractivity contribution in [3.63, 3.8) is 0 Å². The van der Waals surface area contributed by atoms with Crippen molar-refractivity contribution in [2.24, 2.45) is 23.5 Å². The lowest BCUT2D eigenvalue weighted by molar-refractivity contribution is -0.138. The number of ketones is 3. The summed E-state index contributed by atoms with van der Waals surface area (Å²) in [7, 11) is 0. The maximum Gasteiger partial charge on any atom is 0.253 e. The van der Waals surface area contributed by atoms with Crippen LogP contribution in [0.5, 0.6) is 0 Å². The van der Waals surface area contributed by atoms with Crippen LogP contribution in [0.15, 0.2) is 42.6 Å². The second-order valence-corrected chi connectivity index (χ2v) is 14.3. The third-order valence-electron chi connectivity index (χ3n) is 10.1. The number of hydrogen-bond donors (Lipinski definition) is 2. The predicted octanol–water partition coefficient (Wildman–Crippen LogP) is 3.80. The summed E-state index contributed by atoms with van der Waals surface area (Å²) in [4.78, 5) is 75.7. The number of aromatic nitrogens is 3. The van der Waals surface area contributed by atoms with Crippen LogP contribution in [0.25, 0.3) is 0 Å². The number of benzene rings is 1. The molecule has 1 saturated carbocycles. The van der Waals surface area contributed by atoms with Gasteiger partial charge in [0.05, 0.1) is 18.8 Å². The first-order valence-electron chi connectivity index (χ1n) is 19.4. The number of unbranched alkanes of at least 4 members (excludes halogenated alkanes) is 1. The van der Waals surface area contributed by atoms with E-state index < -0.39 is 5.92 Å². The molecule has 14 nitrogen and oxygen atoms in total. The Morgan fingerprint density at radius 3 is 2.33 bits per heavy atom. The molecule has 294 valence electrons. The van der Waals surface area contributed by atoms with Gasteiger partial charge in [0.25, 0.3) is 11.8 Å². The quantitative estimate of drug-likeness (QED) is 0.105. The number of imide groups is 1. The third kappa shape index (κ3) is 14.4. The van der Waals surface area contributed by atoms with E-state index in [-0.39, 0.29) is 73.0 Å². The molecular formula is C40H56N6O8. The molecule has 0 saturated heterocycles. The first-order chi connectivity index (χ1) is 26.1. The molecule has 3 N–H and O–H groups in total. The SMILES string of the molecule is CCc1ccc(NC(=O)C(CCCCN)CC(=O)COCC(=O)CCCOCCn2cc(CCC(=O)C3CCC(CN4C(=O)C=CC4=O)CC3)nn2)cc1. The third-order valence-corrected chi connectivity index (χ3v) is 10.1. The van der Waals surface area contributed by atoms with Gasteiger partial charge in [0.2, 0.25) is 5.91 Å². The van der Waals surface area contributed by atoms with Crippen LogP contribution in [0.2, 0.25) is 0 Å². The molecule has 1 atom stereocenters. The molecule has 0 bridgehead atoms.